The normalized spacial score (nSPS) is 16.1. The predicted octanol–water partition coefficient (Wildman–Crippen LogP) is 1.47. The summed E-state index contributed by atoms with van der Waals surface area (Å²) in [5.41, 5.74) is 1.28. The summed E-state index contributed by atoms with van der Waals surface area (Å²) in [6.07, 6.45) is 1.54. The third-order valence-electron chi connectivity index (χ3n) is 3.86. The van der Waals surface area contributed by atoms with E-state index < -0.39 is 0 Å². The molecule has 0 spiro atoms. The number of quaternary nitrogens is 1. The number of carbonyl (C=O) groups excluding carboxylic acids is 1. The summed E-state index contributed by atoms with van der Waals surface area (Å²) in [5.74, 6) is 0.418. The number of hydrogen-bond donors (Lipinski definition) is 1. The fraction of sp³-hybridized carbons (Fsp3) is 0.312. The Hall–Kier alpha value is -1.78. The fourth-order valence-corrected chi connectivity index (χ4v) is 2.78. The Kier molecular flexibility index (Phi) is 4.27. The van der Waals surface area contributed by atoms with E-state index in [1.807, 2.05) is 17.0 Å². The highest BCUT2D eigenvalue weighted by atomic mass is 35.5. The fourth-order valence-electron chi connectivity index (χ4n) is 2.65. The first-order valence-corrected chi connectivity index (χ1v) is 7.51. The van der Waals surface area contributed by atoms with Crippen molar-refractivity contribution in [3.05, 3.63) is 59.0 Å². The van der Waals surface area contributed by atoms with Crippen molar-refractivity contribution >= 4 is 17.5 Å². The first kappa shape index (κ1) is 14.2. The van der Waals surface area contributed by atoms with Gasteiger partial charge < -0.3 is 14.2 Å². The number of piperazine rings is 1. The molecule has 2 aromatic rings. The van der Waals surface area contributed by atoms with Crippen LogP contribution in [0.1, 0.15) is 16.1 Å². The molecule has 1 aliphatic rings. The number of halogens is 1. The smallest absolute Gasteiger partial charge is 0.289 e. The molecule has 5 heteroatoms. The largest absolute Gasteiger partial charge is 0.459 e. The Morgan fingerprint density at radius 3 is 2.52 bits per heavy atom. The van der Waals surface area contributed by atoms with E-state index in [9.17, 15) is 4.79 Å². The number of nitrogens with zero attached hydrogens (tertiary/aromatic N) is 1. The Balaban J connectivity index is 1.53. The predicted molar refractivity (Wildman–Crippen MR) is 80.5 cm³/mol. The second kappa shape index (κ2) is 6.33. The van der Waals surface area contributed by atoms with Gasteiger partial charge >= 0.3 is 0 Å². The third-order valence-corrected chi connectivity index (χ3v) is 4.11. The second-order valence-electron chi connectivity index (χ2n) is 5.32. The monoisotopic (exact) mass is 305 g/mol. The maximum atomic E-state index is 12.2. The average molecular weight is 306 g/mol. The first-order valence-electron chi connectivity index (χ1n) is 7.13. The van der Waals surface area contributed by atoms with E-state index in [1.165, 1.54) is 16.7 Å². The molecule has 0 unspecified atom stereocenters. The molecule has 1 amide bonds. The van der Waals surface area contributed by atoms with E-state index in [0.717, 1.165) is 37.7 Å². The molecular formula is C16H18ClN2O2+. The number of furan rings is 1. The topological polar surface area (TPSA) is 37.9 Å². The van der Waals surface area contributed by atoms with Crippen molar-refractivity contribution in [2.24, 2.45) is 0 Å². The summed E-state index contributed by atoms with van der Waals surface area (Å²) in [6, 6.07) is 11.4. The van der Waals surface area contributed by atoms with Crippen LogP contribution < -0.4 is 4.90 Å². The van der Waals surface area contributed by atoms with Gasteiger partial charge in [0.1, 0.15) is 6.54 Å². The molecule has 0 bridgehead atoms. The quantitative estimate of drug-likeness (QED) is 0.932. The zero-order valence-electron chi connectivity index (χ0n) is 11.7. The van der Waals surface area contributed by atoms with Crippen LogP contribution in [0.15, 0.2) is 47.1 Å². The van der Waals surface area contributed by atoms with Gasteiger partial charge in [-0.15, -0.1) is 0 Å². The highest BCUT2D eigenvalue weighted by Crippen LogP contribution is 2.09. The van der Waals surface area contributed by atoms with E-state index in [2.05, 4.69) is 12.1 Å². The minimum absolute atomic E-state index is 0.00876. The molecule has 1 fully saturated rings. The zero-order valence-corrected chi connectivity index (χ0v) is 12.5. The highest BCUT2D eigenvalue weighted by Gasteiger charge is 2.25. The van der Waals surface area contributed by atoms with E-state index in [-0.39, 0.29) is 5.91 Å². The summed E-state index contributed by atoms with van der Waals surface area (Å²) in [4.78, 5) is 15.5. The summed E-state index contributed by atoms with van der Waals surface area (Å²) < 4.78 is 5.17. The number of carbonyl (C=O) groups is 1. The summed E-state index contributed by atoms with van der Waals surface area (Å²) in [5, 5.41) is 0.766. The Morgan fingerprint density at radius 2 is 1.90 bits per heavy atom. The minimum Gasteiger partial charge on any atom is -0.459 e. The maximum absolute atomic E-state index is 12.2. The van der Waals surface area contributed by atoms with Crippen LogP contribution in [-0.4, -0.2) is 37.0 Å². The third kappa shape index (κ3) is 3.46. The Morgan fingerprint density at radius 1 is 1.19 bits per heavy atom. The molecule has 1 aromatic carbocycles. The lowest BCUT2D eigenvalue weighted by molar-refractivity contribution is -0.917. The summed E-state index contributed by atoms with van der Waals surface area (Å²) >= 11 is 5.90. The molecule has 21 heavy (non-hydrogen) atoms. The van der Waals surface area contributed by atoms with E-state index in [4.69, 9.17) is 16.0 Å². The van der Waals surface area contributed by atoms with Gasteiger partial charge in [-0.05, 0) is 24.3 Å². The first-order chi connectivity index (χ1) is 10.2. The number of amides is 1. The zero-order chi connectivity index (χ0) is 14.7. The number of benzene rings is 1. The van der Waals surface area contributed by atoms with Gasteiger partial charge in [-0.3, -0.25) is 4.79 Å². The molecule has 1 saturated heterocycles. The van der Waals surface area contributed by atoms with Crippen molar-refractivity contribution in [1.82, 2.24) is 4.90 Å². The SMILES string of the molecule is O=C(c1ccco1)N1CC[NH+](Cc2ccc(Cl)cc2)CC1. The maximum Gasteiger partial charge on any atom is 0.289 e. The molecule has 0 atom stereocenters. The summed E-state index contributed by atoms with van der Waals surface area (Å²) in [7, 11) is 0. The van der Waals surface area contributed by atoms with Gasteiger partial charge in [0.2, 0.25) is 0 Å². The second-order valence-corrected chi connectivity index (χ2v) is 5.76. The van der Waals surface area contributed by atoms with Crippen molar-refractivity contribution < 1.29 is 14.1 Å². The molecule has 0 saturated carbocycles. The number of rotatable bonds is 3. The van der Waals surface area contributed by atoms with Crippen LogP contribution in [0.5, 0.6) is 0 Å². The van der Waals surface area contributed by atoms with Gasteiger partial charge in [0.15, 0.2) is 5.76 Å². The van der Waals surface area contributed by atoms with Crippen LogP contribution in [0.3, 0.4) is 0 Å². The van der Waals surface area contributed by atoms with Crippen LogP contribution in [0.2, 0.25) is 5.02 Å². The number of nitrogens with one attached hydrogen (secondary N) is 1. The van der Waals surface area contributed by atoms with Gasteiger partial charge in [-0.1, -0.05) is 23.7 Å². The van der Waals surface area contributed by atoms with Crippen molar-refractivity contribution in [3.63, 3.8) is 0 Å². The molecule has 0 radical (unpaired) electrons. The average Bonchev–Trinajstić information content (AvgIpc) is 3.04. The molecule has 3 rings (SSSR count). The van der Waals surface area contributed by atoms with Gasteiger partial charge in [0, 0.05) is 10.6 Å². The Labute approximate surface area is 128 Å². The molecule has 1 aromatic heterocycles. The van der Waals surface area contributed by atoms with Crippen LogP contribution in [0, 0.1) is 0 Å². The van der Waals surface area contributed by atoms with Gasteiger partial charge in [-0.2, -0.15) is 0 Å². The molecule has 110 valence electrons. The van der Waals surface area contributed by atoms with Gasteiger partial charge in [-0.25, -0.2) is 0 Å². The van der Waals surface area contributed by atoms with E-state index in [1.54, 1.807) is 12.1 Å². The van der Waals surface area contributed by atoms with E-state index in [0.29, 0.717) is 5.76 Å². The molecule has 2 heterocycles. The minimum atomic E-state index is -0.00876. The van der Waals surface area contributed by atoms with Gasteiger partial charge in [0.05, 0.1) is 32.4 Å². The highest BCUT2D eigenvalue weighted by molar-refractivity contribution is 6.30. The van der Waals surface area contributed by atoms with E-state index >= 15 is 0 Å². The van der Waals surface area contributed by atoms with Gasteiger partial charge in [0.25, 0.3) is 5.91 Å². The lowest BCUT2D eigenvalue weighted by atomic mass is 10.2. The molecule has 4 nitrogen and oxygen atoms in total. The van der Waals surface area contributed by atoms with Crippen molar-refractivity contribution in [3.8, 4) is 0 Å². The summed E-state index contributed by atoms with van der Waals surface area (Å²) in [6.45, 7) is 4.41. The molecule has 0 aliphatic carbocycles. The number of hydrogen-bond acceptors (Lipinski definition) is 2. The molecule has 1 N–H and O–H groups in total. The van der Waals surface area contributed by atoms with Crippen molar-refractivity contribution in [1.29, 1.82) is 0 Å². The van der Waals surface area contributed by atoms with Crippen molar-refractivity contribution in [2.45, 2.75) is 6.54 Å². The lowest BCUT2D eigenvalue weighted by Gasteiger charge is -2.31. The van der Waals surface area contributed by atoms with Crippen molar-refractivity contribution in [2.75, 3.05) is 26.2 Å². The molecule has 1 aliphatic heterocycles. The molecular weight excluding hydrogens is 288 g/mol. The van der Waals surface area contributed by atoms with Crippen LogP contribution in [0.4, 0.5) is 0 Å². The van der Waals surface area contributed by atoms with Crippen LogP contribution >= 0.6 is 11.6 Å². The van der Waals surface area contributed by atoms with Crippen LogP contribution in [-0.2, 0) is 6.54 Å². The lowest BCUT2D eigenvalue weighted by Crippen LogP contribution is -3.13. The Bertz CT molecular complexity index is 587. The standard InChI is InChI=1S/C16H17ClN2O2/c17-14-5-3-13(4-6-14)12-18-7-9-19(10-8-18)16(20)15-2-1-11-21-15/h1-6,11H,7-10,12H2/p+1. The van der Waals surface area contributed by atoms with Crippen LogP contribution in [0.25, 0.3) is 0 Å².